The van der Waals surface area contributed by atoms with Crippen LogP contribution in [0.15, 0.2) is 23.1 Å². The molecule has 0 radical (unpaired) electrons. The maximum atomic E-state index is 13.2. The topological polar surface area (TPSA) is 49.4 Å². The van der Waals surface area contributed by atoms with Gasteiger partial charge < -0.3 is 0 Å². The van der Waals surface area contributed by atoms with E-state index in [1.54, 1.807) is 0 Å². The van der Waals surface area contributed by atoms with Crippen molar-refractivity contribution in [2.45, 2.75) is 37.6 Å². The van der Waals surface area contributed by atoms with E-state index in [1.165, 1.54) is 6.42 Å². The molecular weight excluding hydrogens is 310 g/mol. The molecule has 7 heteroatoms. The zero-order valence-corrected chi connectivity index (χ0v) is 13.7. The molecule has 1 N–H and O–H groups in total. The van der Waals surface area contributed by atoms with Gasteiger partial charge in [0.05, 0.1) is 4.90 Å². The first-order chi connectivity index (χ1) is 10.3. The van der Waals surface area contributed by atoms with E-state index in [2.05, 4.69) is 16.5 Å². The fraction of sp³-hybridized carbons (Fsp3) is 0.600. The summed E-state index contributed by atoms with van der Waals surface area (Å²) < 4.78 is 52.8. The number of rotatable bonds is 5. The van der Waals surface area contributed by atoms with Crippen molar-refractivity contribution in [3.05, 3.63) is 29.8 Å². The Bertz CT molecular complexity index is 622. The lowest BCUT2D eigenvalue weighted by molar-refractivity contribution is 0.140. The van der Waals surface area contributed by atoms with E-state index in [4.69, 9.17) is 0 Å². The van der Waals surface area contributed by atoms with Gasteiger partial charge in [0.15, 0.2) is 11.6 Å². The van der Waals surface area contributed by atoms with Crippen LogP contribution < -0.4 is 4.72 Å². The lowest BCUT2D eigenvalue weighted by atomic mass is 9.99. The Balaban J connectivity index is 1.98. The van der Waals surface area contributed by atoms with Crippen molar-refractivity contribution < 1.29 is 17.2 Å². The number of benzene rings is 1. The summed E-state index contributed by atoms with van der Waals surface area (Å²) >= 11 is 0. The smallest absolute Gasteiger partial charge is 0.240 e. The molecule has 0 aromatic heterocycles. The minimum absolute atomic E-state index is 0.0582. The maximum Gasteiger partial charge on any atom is 0.240 e. The summed E-state index contributed by atoms with van der Waals surface area (Å²) in [6.45, 7) is 6.30. The van der Waals surface area contributed by atoms with Crippen molar-refractivity contribution in [1.29, 1.82) is 0 Å². The first-order valence-electron chi connectivity index (χ1n) is 7.48. The molecule has 1 fully saturated rings. The Hall–Kier alpha value is -1.05. The van der Waals surface area contributed by atoms with Gasteiger partial charge in [-0.25, -0.2) is 21.9 Å². The molecule has 0 amide bonds. The van der Waals surface area contributed by atoms with E-state index in [-0.39, 0.29) is 17.5 Å². The molecule has 1 aromatic rings. The number of nitrogens with one attached hydrogen (secondary N) is 1. The van der Waals surface area contributed by atoms with E-state index >= 15 is 0 Å². The van der Waals surface area contributed by atoms with Crippen molar-refractivity contribution in [3.63, 3.8) is 0 Å². The van der Waals surface area contributed by atoms with Gasteiger partial charge in [-0.3, -0.25) is 4.90 Å². The van der Waals surface area contributed by atoms with Gasteiger partial charge in [0.2, 0.25) is 10.0 Å². The zero-order valence-electron chi connectivity index (χ0n) is 12.9. The average molecular weight is 332 g/mol. The van der Waals surface area contributed by atoms with Crippen LogP contribution in [0.1, 0.15) is 26.7 Å². The molecule has 0 bridgehead atoms. The molecule has 0 saturated carbocycles. The predicted octanol–water partition coefficient (Wildman–Crippen LogP) is 2.36. The van der Waals surface area contributed by atoms with Crippen LogP contribution in [0.4, 0.5) is 8.78 Å². The third-order valence-corrected chi connectivity index (χ3v) is 5.50. The zero-order chi connectivity index (χ0) is 16.3. The van der Waals surface area contributed by atoms with Crippen LogP contribution in [-0.4, -0.2) is 39.0 Å². The van der Waals surface area contributed by atoms with Crippen LogP contribution >= 0.6 is 0 Å². The molecule has 1 heterocycles. The summed E-state index contributed by atoms with van der Waals surface area (Å²) in [7, 11) is -3.83. The van der Waals surface area contributed by atoms with Crippen molar-refractivity contribution in [2.75, 3.05) is 19.6 Å². The van der Waals surface area contributed by atoms with Crippen molar-refractivity contribution in [2.24, 2.45) is 5.92 Å². The largest absolute Gasteiger partial charge is 0.299 e. The molecule has 0 spiro atoms. The molecule has 0 aliphatic carbocycles. The lowest BCUT2D eigenvalue weighted by Crippen LogP contribution is -2.46. The third-order valence-electron chi connectivity index (χ3n) is 4.08. The highest BCUT2D eigenvalue weighted by atomic mass is 32.2. The summed E-state index contributed by atoms with van der Waals surface area (Å²) in [5.41, 5.74) is 0. The number of halogens is 2. The number of likely N-dealkylation sites (tertiary alicyclic amines) is 1. The molecule has 1 aromatic carbocycles. The quantitative estimate of drug-likeness (QED) is 0.900. The molecule has 2 rings (SSSR count). The SMILES string of the molecule is CC1CCCN(C(C)CNS(=O)(=O)c2ccc(F)c(F)c2)C1. The summed E-state index contributed by atoms with van der Waals surface area (Å²) in [4.78, 5) is 1.99. The van der Waals surface area contributed by atoms with Gasteiger partial charge in [-0.2, -0.15) is 0 Å². The number of hydrogen-bond donors (Lipinski definition) is 1. The first kappa shape index (κ1) is 17.3. The number of sulfonamides is 1. The monoisotopic (exact) mass is 332 g/mol. The van der Waals surface area contributed by atoms with Crippen molar-refractivity contribution in [3.8, 4) is 0 Å². The second kappa shape index (κ2) is 7.02. The number of piperidine rings is 1. The molecular formula is C15H22F2N2O2S. The highest BCUT2D eigenvalue weighted by molar-refractivity contribution is 7.89. The molecule has 2 atom stereocenters. The Morgan fingerprint density at radius 1 is 1.36 bits per heavy atom. The Morgan fingerprint density at radius 2 is 2.09 bits per heavy atom. The Morgan fingerprint density at radius 3 is 2.73 bits per heavy atom. The van der Waals surface area contributed by atoms with E-state index in [0.717, 1.165) is 31.6 Å². The maximum absolute atomic E-state index is 13.2. The molecule has 124 valence electrons. The molecule has 22 heavy (non-hydrogen) atoms. The molecule has 1 aliphatic rings. The minimum atomic E-state index is -3.83. The summed E-state index contributed by atoms with van der Waals surface area (Å²) in [5.74, 6) is -1.62. The van der Waals surface area contributed by atoms with Crippen LogP contribution in [0.3, 0.4) is 0 Å². The molecule has 1 aliphatic heterocycles. The Labute approximate surface area is 130 Å². The van der Waals surface area contributed by atoms with Gasteiger partial charge in [0.25, 0.3) is 0 Å². The summed E-state index contributed by atoms with van der Waals surface area (Å²) in [6.07, 6.45) is 2.31. The van der Waals surface area contributed by atoms with Crippen molar-refractivity contribution >= 4 is 10.0 Å². The summed E-state index contributed by atoms with van der Waals surface area (Å²) in [5, 5.41) is 0. The standard InChI is InChI=1S/C15H22F2N2O2S/c1-11-4-3-7-19(10-11)12(2)9-18-22(20,21)13-5-6-14(16)15(17)8-13/h5-6,8,11-12,18H,3-4,7,9-10H2,1-2H3. The van der Waals surface area contributed by atoms with Gasteiger partial charge >= 0.3 is 0 Å². The van der Waals surface area contributed by atoms with Gasteiger partial charge in [-0.1, -0.05) is 6.92 Å². The van der Waals surface area contributed by atoms with Crippen LogP contribution in [0.25, 0.3) is 0 Å². The highest BCUT2D eigenvalue weighted by Gasteiger charge is 2.23. The van der Waals surface area contributed by atoms with Gasteiger partial charge in [-0.05, 0) is 50.4 Å². The Kier molecular flexibility index (Phi) is 5.52. The van der Waals surface area contributed by atoms with Crippen molar-refractivity contribution in [1.82, 2.24) is 9.62 Å². The van der Waals surface area contributed by atoms with Crippen LogP contribution in [0, 0.1) is 17.6 Å². The highest BCUT2D eigenvalue weighted by Crippen LogP contribution is 2.18. The second-order valence-corrected chi connectivity index (χ2v) is 7.79. The van der Waals surface area contributed by atoms with Crippen LogP contribution in [0.2, 0.25) is 0 Å². The van der Waals surface area contributed by atoms with Gasteiger partial charge in [0, 0.05) is 19.1 Å². The summed E-state index contributed by atoms with van der Waals surface area (Å²) in [6, 6.07) is 2.64. The third kappa shape index (κ3) is 4.24. The van der Waals surface area contributed by atoms with E-state index in [9.17, 15) is 17.2 Å². The fourth-order valence-corrected chi connectivity index (χ4v) is 3.85. The molecule has 2 unspecified atom stereocenters. The number of hydrogen-bond acceptors (Lipinski definition) is 3. The van der Waals surface area contributed by atoms with Crippen LogP contribution in [0.5, 0.6) is 0 Å². The second-order valence-electron chi connectivity index (χ2n) is 6.02. The predicted molar refractivity (Wildman–Crippen MR) is 81.0 cm³/mol. The fourth-order valence-electron chi connectivity index (χ4n) is 2.71. The van der Waals surface area contributed by atoms with E-state index in [0.29, 0.717) is 12.0 Å². The van der Waals surface area contributed by atoms with Gasteiger partial charge in [-0.15, -0.1) is 0 Å². The molecule has 4 nitrogen and oxygen atoms in total. The van der Waals surface area contributed by atoms with E-state index in [1.807, 2.05) is 6.92 Å². The number of nitrogens with zero attached hydrogens (tertiary/aromatic N) is 1. The average Bonchev–Trinajstić information content (AvgIpc) is 2.47. The van der Waals surface area contributed by atoms with E-state index < -0.39 is 21.7 Å². The van der Waals surface area contributed by atoms with Crippen LogP contribution in [-0.2, 0) is 10.0 Å². The molecule has 1 saturated heterocycles. The van der Waals surface area contributed by atoms with Gasteiger partial charge in [0.1, 0.15) is 0 Å². The lowest BCUT2D eigenvalue weighted by Gasteiger charge is -2.35. The normalized spacial score (nSPS) is 21.7. The first-order valence-corrected chi connectivity index (χ1v) is 8.96. The minimum Gasteiger partial charge on any atom is -0.299 e.